The lowest BCUT2D eigenvalue weighted by Crippen LogP contribution is -2.38. The number of piperidine rings is 1. The quantitative estimate of drug-likeness (QED) is 0.652. The van der Waals surface area contributed by atoms with Crippen LogP contribution in [0.15, 0.2) is 0 Å². The smallest absolute Gasteiger partial charge is 0.113 e. The van der Waals surface area contributed by atoms with E-state index in [0.717, 1.165) is 38.8 Å². The van der Waals surface area contributed by atoms with E-state index in [9.17, 15) is 4.39 Å². The average Bonchev–Trinajstić information content (AvgIpc) is 2.14. The van der Waals surface area contributed by atoms with Gasteiger partial charge < -0.3 is 5.32 Å². The summed E-state index contributed by atoms with van der Waals surface area (Å²) in [6, 6.07) is 0. The van der Waals surface area contributed by atoms with E-state index < -0.39 is 5.67 Å². The largest absolute Gasteiger partial charge is 0.316 e. The number of unbranched alkanes of at least 4 members (excludes halogenated alkanes) is 3. The minimum atomic E-state index is -0.834. The van der Waals surface area contributed by atoms with Crippen molar-refractivity contribution in [3.63, 3.8) is 0 Å². The molecule has 1 aliphatic heterocycles. The third-order valence-corrected chi connectivity index (χ3v) is 2.98. The van der Waals surface area contributed by atoms with Gasteiger partial charge in [0.1, 0.15) is 5.67 Å². The number of hydrogen-bond acceptors (Lipinski definition) is 1. The van der Waals surface area contributed by atoms with E-state index in [1.165, 1.54) is 19.3 Å². The van der Waals surface area contributed by atoms with Crippen molar-refractivity contribution >= 4 is 0 Å². The van der Waals surface area contributed by atoms with E-state index in [0.29, 0.717) is 0 Å². The van der Waals surface area contributed by atoms with Gasteiger partial charge in [0.15, 0.2) is 0 Å². The van der Waals surface area contributed by atoms with Gasteiger partial charge in [-0.15, -0.1) is 0 Å². The lowest BCUT2D eigenvalue weighted by atomic mass is 9.89. The Balaban J connectivity index is 2.10. The molecule has 1 nitrogen and oxygen atoms in total. The van der Waals surface area contributed by atoms with E-state index >= 15 is 0 Å². The molecule has 0 aliphatic carbocycles. The molecule has 0 unspecified atom stereocenters. The lowest BCUT2D eigenvalue weighted by Gasteiger charge is -2.30. The molecule has 0 saturated carbocycles. The van der Waals surface area contributed by atoms with Gasteiger partial charge in [-0.25, -0.2) is 4.39 Å². The van der Waals surface area contributed by atoms with Crippen LogP contribution in [-0.2, 0) is 0 Å². The number of rotatable bonds is 5. The maximum Gasteiger partial charge on any atom is 0.113 e. The Morgan fingerprint density at radius 3 is 2.46 bits per heavy atom. The second-order valence-corrected chi connectivity index (χ2v) is 4.21. The Bertz CT molecular complexity index is 130. The van der Waals surface area contributed by atoms with Gasteiger partial charge in [0, 0.05) is 0 Å². The predicted octanol–water partition coefficient (Wildman–Crippen LogP) is 3.05. The first-order chi connectivity index (χ1) is 6.27. The molecule has 1 rings (SSSR count). The van der Waals surface area contributed by atoms with Crippen molar-refractivity contribution < 1.29 is 4.39 Å². The molecule has 0 aromatic carbocycles. The summed E-state index contributed by atoms with van der Waals surface area (Å²) in [5.41, 5.74) is -0.834. The van der Waals surface area contributed by atoms with E-state index in [1.807, 2.05) is 0 Å². The first-order valence-electron chi connectivity index (χ1n) is 5.66. The van der Waals surface area contributed by atoms with Gasteiger partial charge in [0.2, 0.25) is 0 Å². The third kappa shape index (κ3) is 4.08. The molecule has 0 aromatic rings. The van der Waals surface area contributed by atoms with Gasteiger partial charge in [-0.3, -0.25) is 0 Å². The van der Waals surface area contributed by atoms with Crippen LogP contribution in [0.25, 0.3) is 0 Å². The van der Waals surface area contributed by atoms with Crippen LogP contribution < -0.4 is 5.32 Å². The zero-order valence-corrected chi connectivity index (χ0v) is 8.74. The molecule has 1 fully saturated rings. The Hall–Kier alpha value is -0.110. The average molecular weight is 187 g/mol. The van der Waals surface area contributed by atoms with Crippen molar-refractivity contribution in [3.8, 4) is 0 Å². The van der Waals surface area contributed by atoms with E-state index in [-0.39, 0.29) is 0 Å². The van der Waals surface area contributed by atoms with Crippen LogP contribution in [0.5, 0.6) is 0 Å². The second-order valence-electron chi connectivity index (χ2n) is 4.21. The molecule has 0 spiro atoms. The molecule has 1 aliphatic rings. The molecule has 0 radical (unpaired) electrons. The van der Waals surface area contributed by atoms with E-state index in [1.54, 1.807) is 0 Å². The third-order valence-electron chi connectivity index (χ3n) is 2.98. The van der Waals surface area contributed by atoms with Crippen LogP contribution in [0.4, 0.5) is 4.39 Å². The molecule has 0 aromatic heterocycles. The zero-order chi connectivity index (χ0) is 9.57. The Morgan fingerprint density at radius 2 is 1.85 bits per heavy atom. The first-order valence-corrected chi connectivity index (χ1v) is 5.66. The van der Waals surface area contributed by atoms with Crippen molar-refractivity contribution in [2.24, 2.45) is 0 Å². The molecular formula is C11H22FN. The van der Waals surface area contributed by atoms with Crippen molar-refractivity contribution in [1.29, 1.82) is 0 Å². The van der Waals surface area contributed by atoms with Crippen molar-refractivity contribution in [2.75, 3.05) is 13.1 Å². The van der Waals surface area contributed by atoms with Crippen molar-refractivity contribution in [2.45, 2.75) is 57.5 Å². The molecule has 1 N–H and O–H groups in total. The highest BCUT2D eigenvalue weighted by atomic mass is 19.1. The number of nitrogens with one attached hydrogen (secondary N) is 1. The molecule has 0 atom stereocenters. The summed E-state index contributed by atoms with van der Waals surface area (Å²) >= 11 is 0. The minimum absolute atomic E-state index is 0.721. The fraction of sp³-hybridized carbons (Fsp3) is 1.00. The maximum atomic E-state index is 14.0. The molecule has 1 heterocycles. The van der Waals surface area contributed by atoms with Crippen LogP contribution in [0, 0.1) is 0 Å². The highest BCUT2D eigenvalue weighted by Gasteiger charge is 2.30. The van der Waals surface area contributed by atoms with Crippen molar-refractivity contribution in [1.82, 2.24) is 5.32 Å². The van der Waals surface area contributed by atoms with Gasteiger partial charge in [-0.05, 0) is 32.4 Å². The summed E-state index contributed by atoms with van der Waals surface area (Å²) in [6.07, 6.45) is 7.00. The minimum Gasteiger partial charge on any atom is -0.316 e. The monoisotopic (exact) mass is 187 g/mol. The summed E-state index contributed by atoms with van der Waals surface area (Å²) in [6.45, 7) is 3.92. The number of alkyl halides is 1. The van der Waals surface area contributed by atoms with Gasteiger partial charge >= 0.3 is 0 Å². The highest BCUT2D eigenvalue weighted by molar-refractivity contribution is 4.84. The summed E-state index contributed by atoms with van der Waals surface area (Å²) in [5, 5.41) is 3.20. The van der Waals surface area contributed by atoms with E-state index in [4.69, 9.17) is 0 Å². The lowest BCUT2D eigenvalue weighted by molar-refractivity contribution is 0.101. The van der Waals surface area contributed by atoms with Crippen LogP contribution in [-0.4, -0.2) is 18.8 Å². The predicted molar refractivity (Wildman–Crippen MR) is 54.7 cm³/mol. The summed E-state index contributed by atoms with van der Waals surface area (Å²) in [5.74, 6) is 0. The Morgan fingerprint density at radius 1 is 1.15 bits per heavy atom. The summed E-state index contributed by atoms with van der Waals surface area (Å²) < 4.78 is 14.0. The SMILES string of the molecule is CCCCCCC1(F)CCNCC1. The van der Waals surface area contributed by atoms with Gasteiger partial charge in [-0.1, -0.05) is 32.6 Å². The van der Waals surface area contributed by atoms with Crippen LogP contribution in [0.1, 0.15) is 51.9 Å². The molecule has 13 heavy (non-hydrogen) atoms. The summed E-state index contributed by atoms with van der Waals surface area (Å²) in [4.78, 5) is 0. The highest BCUT2D eigenvalue weighted by Crippen LogP contribution is 2.29. The number of hydrogen-bond donors (Lipinski definition) is 1. The van der Waals surface area contributed by atoms with Crippen molar-refractivity contribution in [3.05, 3.63) is 0 Å². The topological polar surface area (TPSA) is 12.0 Å². The molecule has 0 amide bonds. The Labute approximate surface area is 81.1 Å². The fourth-order valence-electron chi connectivity index (χ4n) is 1.99. The van der Waals surface area contributed by atoms with Crippen LogP contribution in [0.2, 0.25) is 0 Å². The van der Waals surface area contributed by atoms with Gasteiger partial charge in [-0.2, -0.15) is 0 Å². The molecular weight excluding hydrogens is 165 g/mol. The second kappa shape index (κ2) is 5.58. The van der Waals surface area contributed by atoms with Gasteiger partial charge in [0.25, 0.3) is 0 Å². The zero-order valence-electron chi connectivity index (χ0n) is 8.74. The number of halogens is 1. The standard InChI is InChI=1S/C11H22FN/c1-2-3-4-5-6-11(12)7-9-13-10-8-11/h13H,2-10H2,1H3. The molecule has 2 heteroatoms. The van der Waals surface area contributed by atoms with Crippen LogP contribution in [0.3, 0.4) is 0 Å². The fourth-order valence-corrected chi connectivity index (χ4v) is 1.99. The molecule has 78 valence electrons. The first kappa shape index (κ1) is 11.0. The van der Waals surface area contributed by atoms with Gasteiger partial charge in [0.05, 0.1) is 0 Å². The normalized spacial score (nSPS) is 21.7. The maximum absolute atomic E-state index is 14.0. The Kier molecular flexibility index (Phi) is 4.71. The van der Waals surface area contributed by atoms with E-state index in [2.05, 4.69) is 12.2 Å². The van der Waals surface area contributed by atoms with Crippen LogP contribution >= 0.6 is 0 Å². The molecule has 0 bridgehead atoms. The summed E-state index contributed by atoms with van der Waals surface area (Å²) in [7, 11) is 0. The molecule has 1 saturated heterocycles.